The number of hydrogen-bond acceptors (Lipinski definition) is 3. The molecule has 4 heteroatoms. The fourth-order valence-electron chi connectivity index (χ4n) is 2.01. The third-order valence-corrected chi connectivity index (χ3v) is 2.98. The molecule has 0 radical (unpaired) electrons. The standard InChI is InChI=1S/C16H18N2O2/c19-12-15(10-13-6-2-1-3-7-13)18-16(20)11-14-8-4-5-9-17-14/h1-9,15,19H,10-12H2,(H,18,20)/t15-/m0/s1. The van der Waals surface area contributed by atoms with Gasteiger partial charge in [0.1, 0.15) is 0 Å². The molecule has 2 rings (SSSR count). The summed E-state index contributed by atoms with van der Waals surface area (Å²) in [6.45, 7) is -0.0805. The maximum Gasteiger partial charge on any atom is 0.226 e. The van der Waals surface area contributed by atoms with E-state index in [1.54, 1.807) is 6.20 Å². The summed E-state index contributed by atoms with van der Waals surface area (Å²) in [7, 11) is 0. The van der Waals surface area contributed by atoms with E-state index >= 15 is 0 Å². The van der Waals surface area contributed by atoms with Crippen LogP contribution in [0.1, 0.15) is 11.3 Å². The largest absolute Gasteiger partial charge is 0.394 e. The summed E-state index contributed by atoms with van der Waals surface area (Å²) in [5.74, 6) is -0.126. The van der Waals surface area contributed by atoms with Gasteiger partial charge in [0, 0.05) is 11.9 Å². The SMILES string of the molecule is O=C(Cc1ccccn1)N[C@H](CO)Cc1ccccc1. The molecule has 0 unspecified atom stereocenters. The van der Waals surface area contributed by atoms with Crippen molar-refractivity contribution < 1.29 is 9.90 Å². The number of pyridine rings is 1. The van der Waals surface area contributed by atoms with E-state index in [0.29, 0.717) is 6.42 Å². The van der Waals surface area contributed by atoms with Gasteiger partial charge in [-0.15, -0.1) is 0 Å². The van der Waals surface area contributed by atoms with E-state index < -0.39 is 0 Å². The highest BCUT2D eigenvalue weighted by atomic mass is 16.3. The number of carbonyl (C=O) groups is 1. The normalized spacial score (nSPS) is 11.8. The molecule has 1 amide bonds. The Morgan fingerprint density at radius 1 is 1.15 bits per heavy atom. The van der Waals surface area contributed by atoms with E-state index in [0.717, 1.165) is 11.3 Å². The van der Waals surface area contributed by atoms with E-state index in [9.17, 15) is 9.90 Å². The van der Waals surface area contributed by atoms with Gasteiger partial charge in [0.2, 0.25) is 5.91 Å². The minimum atomic E-state index is -0.270. The Balaban J connectivity index is 1.88. The Morgan fingerprint density at radius 3 is 2.55 bits per heavy atom. The van der Waals surface area contributed by atoms with Gasteiger partial charge in [0.25, 0.3) is 0 Å². The smallest absolute Gasteiger partial charge is 0.226 e. The van der Waals surface area contributed by atoms with Crippen LogP contribution in [0.2, 0.25) is 0 Å². The molecule has 20 heavy (non-hydrogen) atoms. The Hall–Kier alpha value is -2.20. The van der Waals surface area contributed by atoms with E-state index in [-0.39, 0.29) is 25.0 Å². The molecule has 0 bridgehead atoms. The van der Waals surface area contributed by atoms with Gasteiger partial charge in [0.05, 0.1) is 19.1 Å². The molecule has 0 aliphatic rings. The second kappa shape index (κ2) is 7.40. The molecule has 1 aromatic carbocycles. The third-order valence-electron chi connectivity index (χ3n) is 2.98. The third kappa shape index (κ3) is 4.48. The summed E-state index contributed by atoms with van der Waals surface area (Å²) in [5, 5.41) is 12.2. The molecule has 2 N–H and O–H groups in total. The molecule has 1 heterocycles. The number of aliphatic hydroxyl groups excluding tert-OH is 1. The van der Waals surface area contributed by atoms with Crippen LogP contribution in [0.5, 0.6) is 0 Å². The molecule has 1 aromatic heterocycles. The van der Waals surface area contributed by atoms with E-state index in [1.165, 1.54) is 0 Å². The number of aromatic nitrogens is 1. The maximum atomic E-state index is 11.9. The van der Waals surface area contributed by atoms with Crippen LogP contribution in [-0.2, 0) is 17.6 Å². The average Bonchev–Trinajstić information content (AvgIpc) is 2.48. The minimum absolute atomic E-state index is 0.0805. The van der Waals surface area contributed by atoms with Gasteiger partial charge in [-0.05, 0) is 24.1 Å². The van der Waals surface area contributed by atoms with Crippen molar-refractivity contribution in [3.05, 3.63) is 66.0 Å². The zero-order valence-corrected chi connectivity index (χ0v) is 11.2. The summed E-state index contributed by atoms with van der Waals surface area (Å²) in [4.78, 5) is 16.0. The van der Waals surface area contributed by atoms with Crippen LogP contribution >= 0.6 is 0 Å². The first-order valence-corrected chi connectivity index (χ1v) is 6.62. The molecule has 2 aromatic rings. The van der Waals surface area contributed by atoms with Crippen LogP contribution in [0.25, 0.3) is 0 Å². The first kappa shape index (κ1) is 14.2. The molecular formula is C16H18N2O2. The van der Waals surface area contributed by atoms with E-state index in [2.05, 4.69) is 10.3 Å². The number of amides is 1. The second-order valence-corrected chi connectivity index (χ2v) is 4.63. The fourth-order valence-corrected chi connectivity index (χ4v) is 2.01. The average molecular weight is 270 g/mol. The van der Waals surface area contributed by atoms with Gasteiger partial charge in [-0.2, -0.15) is 0 Å². The van der Waals surface area contributed by atoms with Gasteiger partial charge in [-0.1, -0.05) is 36.4 Å². The second-order valence-electron chi connectivity index (χ2n) is 4.63. The summed E-state index contributed by atoms with van der Waals surface area (Å²) in [6, 6.07) is 15.0. The Labute approximate surface area is 118 Å². The number of carbonyl (C=O) groups excluding carboxylic acids is 1. The van der Waals surface area contributed by atoms with Gasteiger partial charge in [-0.25, -0.2) is 0 Å². The van der Waals surface area contributed by atoms with Crippen LogP contribution in [-0.4, -0.2) is 28.6 Å². The van der Waals surface area contributed by atoms with Crippen LogP contribution in [0, 0.1) is 0 Å². The zero-order chi connectivity index (χ0) is 14.2. The monoisotopic (exact) mass is 270 g/mol. The van der Waals surface area contributed by atoms with Crippen molar-refractivity contribution in [2.45, 2.75) is 18.9 Å². The Bertz CT molecular complexity index is 529. The van der Waals surface area contributed by atoms with Crippen LogP contribution in [0.15, 0.2) is 54.7 Å². The fraction of sp³-hybridized carbons (Fsp3) is 0.250. The van der Waals surface area contributed by atoms with Crippen molar-refractivity contribution in [1.82, 2.24) is 10.3 Å². The minimum Gasteiger partial charge on any atom is -0.394 e. The molecule has 104 valence electrons. The Kier molecular flexibility index (Phi) is 5.26. The maximum absolute atomic E-state index is 11.9. The molecule has 0 aliphatic carbocycles. The lowest BCUT2D eigenvalue weighted by Crippen LogP contribution is -2.40. The van der Waals surface area contributed by atoms with Gasteiger partial charge in [0.15, 0.2) is 0 Å². The molecule has 0 saturated heterocycles. The molecule has 1 atom stereocenters. The highest BCUT2D eigenvalue weighted by Crippen LogP contribution is 2.03. The molecule has 0 spiro atoms. The molecule has 0 aliphatic heterocycles. The lowest BCUT2D eigenvalue weighted by molar-refractivity contribution is -0.121. The molecule has 4 nitrogen and oxygen atoms in total. The number of rotatable bonds is 6. The summed E-state index contributed by atoms with van der Waals surface area (Å²) in [6.07, 6.45) is 2.51. The number of benzene rings is 1. The van der Waals surface area contributed by atoms with Gasteiger partial charge >= 0.3 is 0 Å². The first-order chi connectivity index (χ1) is 9.78. The lowest BCUT2D eigenvalue weighted by atomic mass is 10.1. The topological polar surface area (TPSA) is 62.2 Å². The van der Waals surface area contributed by atoms with E-state index in [1.807, 2.05) is 48.5 Å². The van der Waals surface area contributed by atoms with Crippen LogP contribution in [0.3, 0.4) is 0 Å². The predicted molar refractivity (Wildman–Crippen MR) is 77.1 cm³/mol. The van der Waals surface area contributed by atoms with Gasteiger partial charge < -0.3 is 10.4 Å². The zero-order valence-electron chi connectivity index (χ0n) is 11.2. The van der Waals surface area contributed by atoms with Crippen molar-refractivity contribution >= 4 is 5.91 Å². The van der Waals surface area contributed by atoms with Crippen LogP contribution in [0.4, 0.5) is 0 Å². The van der Waals surface area contributed by atoms with Crippen molar-refractivity contribution in [1.29, 1.82) is 0 Å². The number of nitrogens with one attached hydrogen (secondary N) is 1. The van der Waals surface area contributed by atoms with Crippen LogP contribution < -0.4 is 5.32 Å². The number of aliphatic hydroxyl groups is 1. The molecule has 0 fully saturated rings. The Morgan fingerprint density at radius 2 is 1.90 bits per heavy atom. The van der Waals surface area contributed by atoms with Crippen molar-refractivity contribution in [2.75, 3.05) is 6.61 Å². The molecule has 0 saturated carbocycles. The molecular weight excluding hydrogens is 252 g/mol. The highest BCUT2D eigenvalue weighted by molar-refractivity contribution is 5.78. The number of hydrogen-bond donors (Lipinski definition) is 2. The summed E-state index contributed by atoms with van der Waals surface area (Å²) < 4.78 is 0. The van der Waals surface area contributed by atoms with Crippen molar-refractivity contribution in [3.63, 3.8) is 0 Å². The van der Waals surface area contributed by atoms with Crippen molar-refractivity contribution in [3.8, 4) is 0 Å². The number of nitrogens with zero attached hydrogens (tertiary/aromatic N) is 1. The summed E-state index contributed by atoms with van der Waals surface area (Å²) >= 11 is 0. The van der Waals surface area contributed by atoms with Gasteiger partial charge in [-0.3, -0.25) is 9.78 Å². The van der Waals surface area contributed by atoms with Crippen molar-refractivity contribution in [2.24, 2.45) is 0 Å². The summed E-state index contributed by atoms with van der Waals surface area (Å²) in [5.41, 5.74) is 1.81. The quantitative estimate of drug-likeness (QED) is 0.832. The van der Waals surface area contributed by atoms with E-state index in [4.69, 9.17) is 0 Å². The highest BCUT2D eigenvalue weighted by Gasteiger charge is 2.12. The predicted octanol–water partition coefficient (Wildman–Crippen LogP) is 1.34. The first-order valence-electron chi connectivity index (χ1n) is 6.62. The lowest BCUT2D eigenvalue weighted by Gasteiger charge is -2.16.